The third-order valence-electron chi connectivity index (χ3n) is 2.25. The predicted octanol–water partition coefficient (Wildman–Crippen LogP) is 1.48. The molecule has 0 saturated heterocycles. The fourth-order valence-corrected chi connectivity index (χ4v) is 1.52. The van der Waals surface area contributed by atoms with Gasteiger partial charge in [-0.3, -0.25) is 5.21 Å². The first-order valence-electron chi connectivity index (χ1n) is 4.18. The Kier molecular flexibility index (Phi) is 1.61. The van der Waals surface area contributed by atoms with Crippen LogP contribution >= 0.6 is 0 Å². The van der Waals surface area contributed by atoms with Crippen molar-refractivity contribution < 1.29 is 9.94 Å². The molecule has 0 radical (unpaired) electrons. The number of hydrogen-bond acceptors (Lipinski definition) is 1. The third kappa shape index (κ3) is 1.09. The molecule has 0 saturated carbocycles. The molecule has 1 aromatic rings. The normalized spacial score (nSPS) is 14.4. The maximum atomic E-state index is 9.37. The van der Waals surface area contributed by atoms with Crippen molar-refractivity contribution in [2.24, 2.45) is 0 Å². The largest absolute Gasteiger partial charge is 0.285 e. The number of fused-ring (bicyclic) bond motifs is 1. The Hall–Kier alpha value is -1.31. The van der Waals surface area contributed by atoms with Crippen molar-refractivity contribution in [3.8, 4) is 0 Å². The molecule has 1 aliphatic rings. The zero-order valence-electron chi connectivity index (χ0n) is 7.12. The molecule has 0 aromatic carbocycles. The van der Waals surface area contributed by atoms with Crippen LogP contribution in [0, 0.1) is 6.92 Å². The molecule has 0 bridgehead atoms. The Labute approximate surface area is 71.7 Å². The summed E-state index contributed by atoms with van der Waals surface area (Å²) in [6, 6.07) is 2.00. The number of nitrogens with zero attached hydrogens (tertiary/aromatic N) is 1. The fraction of sp³-hybridized carbons (Fsp3) is 0.300. The fourth-order valence-electron chi connectivity index (χ4n) is 1.52. The molecule has 0 aliphatic heterocycles. The lowest BCUT2D eigenvalue weighted by molar-refractivity contribution is -0.909. The Morgan fingerprint density at radius 1 is 1.50 bits per heavy atom. The number of rotatable bonds is 0. The standard InChI is InChI=1S/C10H12NO/c1-8-6-9-4-2-3-5-10(9)7-11(8)12/h2,4,6-7,12H,3,5H2,1H3/q+1. The minimum atomic E-state index is 0.875. The summed E-state index contributed by atoms with van der Waals surface area (Å²) >= 11 is 0. The molecule has 2 rings (SSSR count). The minimum absolute atomic E-state index is 0.875. The van der Waals surface area contributed by atoms with E-state index >= 15 is 0 Å². The van der Waals surface area contributed by atoms with Crippen LogP contribution in [0.25, 0.3) is 6.08 Å². The molecule has 1 N–H and O–H groups in total. The van der Waals surface area contributed by atoms with E-state index in [1.165, 1.54) is 15.9 Å². The molecule has 1 heterocycles. The van der Waals surface area contributed by atoms with Gasteiger partial charge in [0.25, 0.3) is 0 Å². The van der Waals surface area contributed by atoms with Crippen LogP contribution in [0.15, 0.2) is 18.3 Å². The van der Waals surface area contributed by atoms with Crippen LogP contribution in [0.5, 0.6) is 0 Å². The van der Waals surface area contributed by atoms with E-state index in [9.17, 15) is 5.21 Å². The van der Waals surface area contributed by atoms with Crippen LogP contribution in [-0.2, 0) is 6.42 Å². The molecule has 1 aromatic heterocycles. The average molecular weight is 162 g/mol. The Morgan fingerprint density at radius 2 is 2.33 bits per heavy atom. The lowest BCUT2D eigenvalue weighted by Gasteiger charge is -2.06. The summed E-state index contributed by atoms with van der Waals surface area (Å²) in [4.78, 5) is 0. The average Bonchev–Trinajstić information content (AvgIpc) is 2.07. The molecule has 0 atom stereocenters. The highest BCUT2D eigenvalue weighted by Crippen LogP contribution is 2.17. The lowest BCUT2D eigenvalue weighted by Crippen LogP contribution is -2.34. The van der Waals surface area contributed by atoms with E-state index in [1.54, 1.807) is 6.20 Å². The van der Waals surface area contributed by atoms with Gasteiger partial charge in [0.15, 0.2) is 0 Å². The van der Waals surface area contributed by atoms with Gasteiger partial charge in [-0.25, -0.2) is 0 Å². The van der Waals surface area contributed by atoms with E-state index in [2.05, 4.69) is 12.2 Å². The SMILES string of the molecule is Cc1cc2c(c[n+]1O)CCC=C2. The summed E-state index contributed by atoms with van der Waals surface area (Å²) in [6.07, 6.45) is 8.20. The quantitative estimate of drug-likeness (QED) is 0.453. The van der Waals surface area contributed by atoms with Crippen molar-refractivity contribution in [1.82, 2.24) is 0 Å². The van der Waals surface area contributed by atoms with Crippen LogP contribution in [-0.4, -0.2) is 5.21 Å². The van der Waals surface area contributed by atoms with Gasteiger partial charge in [0.05, 0.1) is 0 Å². The van der Waals surface area contributed by atoms with Crippen LogP contribution in [0.2, 0.25) is 0 Å². The third-order valence-corrected chi connectivity index (χ3v) is 2.25. The summed E-state index contributed by atoms with van der Waals surface area (Å²) in [5, 5.41) is 9.37. The molecule has 1 aliphatic carbocycles. The van der Waals surface area contributed by atoms with Gasteiger partial charge in [-0.1, -0.05) is 12.2 Å². The molecule has 0 fully saturated rings. The molecule has 2 heteroatoms. The van der Waals surface area contributed by atoms with Crippen molar-refractivity contribution in [3.63, 3.8) is 0 Å². The minimum Gasteiger partial charge on any atom is -0.285 e. The summed E-state index contributed by atoms with van der Waals surface area (Å²) < 4.78 is 1.19. The highest BCUT2D eigenvalue weighted by atomic mass is 16.5. The van der Waals surface area contributed by atoms with Crippen molar-refractivity contribution >= 4 is 6.08 Å². The second-order valence-corrected chi connectivity index (χ2v) is 3.18. The summed E-state index contributed by atoms with van der Waals surface area (Å²) in [5.41, 5.74) is 3.34. The lowest BCUT2D eigenvalue weighted by atomic mass is 9.99. The zero-order valence-corrected chi connectivity index (χ0v) is 7.12. The van der Waals surface area contributed by atoms with E-state index in [0.29, 0.717) is 0 Å². The van der Waals surface area contributed by atoms with E-state index < -0.39 is 0 Å². The summed E-state index contributed by atoms with van der Waals surface area (Å²) in [6.45, 7) is 1.89. The second-order valence-electron chi connectivity index (χ2n) is 3.18. The van der Waals surface area contributed by atoms with E-state index in [4.69, 9.17) is 0 Å². The van der Waals surface area contributed by atoms with Gasteiger partial charge in [-0.05, 0) is 18.4 Å². The Bertz CT molecular complexity index is 342. The second kappa shape index (κ2) is 2.63. The maximum Gasteiger partial charge on any atom is 0.231 e. The van der Waals surface area contributed by atoms with E-state index in [1.807, 2.05) is 13.0 Å². The number of aryl methyl sites for hydroxylation is 2. The molecular weight excluding hydrogens is 150 g/mol. The van der Waals surface area contributed by atoms with Crippen LogP contribution in [0.4, 0.5) is 0 Å². The van der Waals surface area contributed by atoms with Crippen molar-refractivity contribution in [2.45, 2.75) is 19.8 Å². The van der Waals surface area contributed by atoms with Gasteiger partial charge in [0, 0.05) is 23.3 Å². The van der Waals surface area contributed by atoms with Crippen LogP contribution < -0.4 is 4.73 Å². The molecule has 2 nitrogen and oxygen atoms in total. The predicted molar refractivity (Wildman–Crippen MR) is 45.9 cm³/mol. The Morgan fingerprint density at radius 3 is 3.17 bits per heavy atom. The van der Waals surface area contributed by atoms with Gasteiger partial charge in [-0.2, -0.15) is 0 Å². The number of aromatic nitrogens is 1. The van der Waals surface area contributed by atoms with Crippen molar-refractivity contribution in [1.29, 1.82) is 0 Å². The topological polar surface area (TPSA) is 24.1 Å². The number of pyridine rings is 1. The first-order valence-corrected chi connectivity index (χ1v) is 4.18. The first kappa shape index (κ1) is 7.35. The van der Waals surface area contributed by atoms with Crippen molar-refractivity contribution in [3.05, 3.63) is 35.2 Å². The zero-order chi connectivity index (χ0) is 8.55. The number of allylic oxidation sites excluding steroid dienone is 1. The van der Waals surface area contributed by atoms with Gasteiger partial charge in [0.2, 0.25) is 11.9 Å². The molecular formula is C10H12NO+. The highest BCUT2D eigenvalue weighted by molar-refractivity contribution is 5.55. The number of hydrogen-bond donors (Lipinski definition) is 1. The molecule has 0 amide bonds. The summed E-state index contributed by atoms with van der Waals surface area (Å²) in [7, 11) is 0. The van der Waals surface area contributed by atoms with Crippen LogP contribution in [0.3, 0.4) is 0 Å². The van der Waals surface area contributed by atoms with Gasteiger partial charge >= 0.3 is 0 Å². The first-order chi connectivity index (χ1) is 5.77. The van der Waals surface area contributed by atoms with Gasteiger partial charge in [-0.15, -0.1) is 0 Å². The maximum absolute atomic E-state index is 9.37. The van der Waals surface area contributed by atoms with E-state index in [-0.39, 0.29) is 0 Å². The van der Waals surface area contributed by atoms with Gasteiger partial charge in [0.1, 0.15) is 0 Å². The van der Waals surface area contributed by atoms with Crippen LogP contribution in [0.1, 0.15) is 23.2 Å². The highest BCUT2D eigenvalue weighted by Gasteiger charge is 2.12. The molecule has 0 unspecified atom stereocenters. The molecule has 12 heavy (non-hydrogen) atoms. The van der Waals surface area contributed by atoms with Crippen molar-refractivity contribution in [2.75, 3.05) is 0 Å². The monoisotopic (exact) mass is 162 g/mol. The smallest absolute Gasteiger partial charge is 0.231 e. The van der Waals surface area contributed by atoms with E-state index in [0.717, 1.165) is 18.5 Å². The Balaban J connectivity index is 2.58. The summed E-state index contributed by atoms with van der Waals surface area (Å²) in [5.74, 6) is 0. The van der Waals surface area contributed by atoms with Gasteiger partial charge < -0.3 is 0 Å². The molecule has 0 spiro atoms. The molecule has 62 valence electrons.